The molecule has 1 saturated heterocycles. The Hall–Kier alpha value is -2.51. The van der Waals surface area contributed by atoms with Gasteiger partial charge >= 0.3 is 6.09 Å². The maximum absolute atomic E-state index is 13.3. The fraction of sp³-hybridized carbons (Fsp3) is 0.636. The summed E-state index contributed by atoms with van der Waals surface area (Å²) < 4.78 is 37.3. The largest absolute Gasteiger partial charge is 0.444 e. The number of carbonyl (C=O) groups is 1. The first kappa shape index (κ1) is 28.7. The van der Waals surface area contributed by atoms with Gasteiger partial charge in [0.25, 0.3) is 5.69 Å². The minimum Gasteiger partial charge on any atom is -0.444 e. The fourth-order valence-corrected chi connectivity index (χ4v) is 5.42. The van der Waals surface area contributed by atoms with Gasteiger partial charge in [-0.1, -0.05) is 20.8 Å². The summed E-state index contributed by atoms with van der Waals surface area (Å²) in [5.41, 5.74) is -0.856. The van der Waals surface area contributed by atoms with Crippen LogP contribution < -0.4 is 0 Å². The fourth-order valence-electron chi connectivity index (χ4n) is 3.75. The topological polar surface area (TPSA) is 132 Å². The number of nitro groups is 1. The molecule has 0 bridgehead atoms. The highest BCUT2D eigenvalue weighted by Crippen LogP contribution is 2.43. The predicted molar refractivity (Wildman–Crippen MR) is 136 cm³/mol. The van der Waals surface area contributed by atoms with Gasteiger partial charge in [0.2, 0.25) is 10.0 Å². The lowest BCUT2D eigenvalue weighted by atomic mass is 9.79. The summed E-state index contributed by atoms with van der Waals surface area (Å²) >= 11 is 0. The highest BCUT2D eigenvalue weighted by Gasteiger charge is 2.52. The van der Waals surface area contributed by atoms with E-state index in [1.54, 1.807) is 0 Å². The molecular formula is C22H36N4O7SSi. The van der Waals surface area contributed by atoms with Crippen molar-refractivity contribution < 1.29 is 27.3 Å². The smallest absolute Gasteiger partial charge is 0.412 e. The summed E-state index contributed by atoms with van der Waals surface area (Å²) in [6.45, 7) is 12.0. The summed E-state index contributed by atoms with van der Waals surface area (Å²) in [5, 5.41) is 15.0. The van der Waals surface area contributed by atoms with Crippen molar-refractivity contribution in [2.45, 2.75) is 59.5 Å². The molecule has 1 aliphatic rings. The van der Waals surface area contributed by atoms with Gasteiger partial charge in [0.1, 0.15) is 6.61 Å². The molecule has 1 amide bonds. The normalized spacial score (nSPS) is 21.0. The zero-order valence-electron chi connectivity index (χ0n) is 21.4. The van der Waals surface area contributed by atoms with E-state index in [0.29, 0.717) is 18.5 Å². The average molecular weight is 529 g/mol. The van der Waals surface area contributed by atoms with Crippen molar-refractivity contribution in [1.82, 2.24) is 9.31 Å². The summed E-state index contributed by atoms with van der Waals surface area (Å²) in [7, 11) is -3.95. The second kappa shape index (κ2) is 11.0. The third kappa shape index (κ3) is 7.24. The van der Waals surface area contributed by atoms with E-state index < -0.39 is 35.8 Å². The highest BCUT2D eigenvalue weighted by molar-refractivity contribution is 7.89. The van der Waals surface area contributed by atoms with Crippen molar-refractivity contribution in [3.63, 3.8) is 0 Å². The molecule has 1 aliphatic heterocycles. The van der Waals surface area contributed by atoms with Crippen LogP contribution in [0.5, 0.6) is 0 Å². The van der Waals surface area contributed by atoms with Crippen LogP contribution in [-0.4, -0.2) is 69.1 Å². The quantitative estimate of drug-likeness (QED) is 0.207. The SMILES string of the molecule is CCS(=O)(=O)N(C)/N=C/[C@@]1(O[SiH](C)C)C[C@H](C(C)(C)C)CN1C(=O)OCc1ccc([N+](=O)[O-])cc1. The van der Waals surface area contributed by atoms with Crippen LogP contribution in [0.3, 0.4) is 0 Å². The van der Waals surface area contributed by atoms with Crippen LogP contribution in [0.1, 0.15) is 39.7 Å². The molecule has 1 aromatic carbocycles. The zero-order chi connectivity index (χ0) is 26.6. The average Bonchev–Trinajstić information content (AvgIpc) is 3.15. The van der Waals surface area contributed by atoms with Crippen molar-refractivity contribution in [3.8, 4) is 0 Å². The lowest BCUT2D eigenvalue weighted by Crippen LogP contribution is -2.53. The monoisotopic (exact) mass is 528 g/mol. The van der Waals surface area contributed by atoms with Crippen LogP contribution in [-0.2, 0) is 25.8 Å². The van der Waals surface area contributed by atoms with Gasteiger partial charge in [0.05, 0.1) is 16.9 Å². The molecule has 0 aliphatic carbocycles. The Bertz CT molecular complexity index is 1040. The molecule has 2 atom stereocenters. The van der Waals surface area contributed by atoms with Gasteiger partial charge in [-0.3, -0.25) is 15.0 Å². The molecule has 11 nitrogen and oxygen atoms in total. The Morgan fingerprint density at radius 3 is 2.43 bits per heavy atom. The molecule has 13 heteroatoms. The summed E-state index contributed by atoms with van der Waals surface area (Å²) in [5.74, 6) is -0.0686. The standard InChI is InChI=1S/C22H36N4O7SSi/c1-8-34(30,31)24(5)23-16-22(33-35(6)7)13-18(21(2,3)4)14-25(22)20(27)32-15-17-9-11-19(12-10-17)26(28)29/h9-12,16,18,35H,8,13-15H2,1-7H3/b23-16+/t18-,22-/m0/s1. The van der Waals surface area contributed by atoms with E-state index in [2.05, 4.69) is 25.9 Å². The zero-order valence-corrected chi connectivity index (χ0v) is 23.4. The van der Waals surface area contributed by atoms with Crippen molar-refractivity contribution >= 4 is 37.1 Å². The van der Waals surface area contributed by atoms with Crippen molar-refractivity contribution in [1.29, 1.82) is 0 Å². The molecule has 2 rings (SSSR count). The summed E-state index contributed by atoms with van der Waals surface area (Å²) in [4.78, 5) is 25.1. The van der Waals surface area contributed by atoms with E-state index >= 15 is 0 Å². The molecule has 0 radical (unpaired) electrons. The van der Waals surface area contributed by atoms with E-state index in [-0.39, 0.29) is 29.4 Å². The number of hydrazone groups is 1. The lowest BCUT2D eigenvalue weighted by molar-refractivity contribution is -0.384. The predicted octanol–water partition coefficient (Wildman–Crippen LogP) is 3.56. The number of hydrogen-bond donors (Lipinski definition) is 0. The molecule has 0 unspecified atom stereocenters. The van der Waals surface area contributed by atoms with Crippen LogP contribution in [0, 0.1) is 21.4 Å². The third-order valence-corrected chi connectivity index (χ3v) is 8.49. The number of sulfonamides is 1. The number of rotatable bonds is 9. The molecule has 35 heavy (non-hydrogen) atoms. The number of hydrogen-bond acceptors (Lipinski definition) is 8. The van der Waals surface area contributed by atoms with E-state index in [4.69, 9.17) is 9.16 Å². The maximum atomic E-state index is 13.3. The number of nitrogens with zero attached hydrogens (tertiary/aromatic N) is 4. The van der Waals surface area contributed by atoms with Crippen LogP contribution in [0.15, 0.2) is 29.4 Å². The molecule has 0 N–H and O–H groups in total. The number of benzene rings is 1. The maximum Gasteiger partial charge on any atom is 0.412 e. The van der Waals surface area contributed by atoms with Gasteiger partial charge in [-0.05, 0) is 49.0 Å². The summed E-state index contributed by atoms with van der Waals surface area (Å²) in [6.07, 6.45) is 1.22. The van der Waals surface area contributed by atoms with Gasteiger partial charge in [0, 0.05) is 32.1 Å². The molecule has 0 saturated carbocycles. The Morgan fingerprint density at radius 1 is 1.34 bits per heavy atom. The van der Waals surface area contributed by atoms with Crippen LogP contribution >= 0.6 is 0 Å². The second-order valence-electron chi connectivity index (χ2n) is 9.95. The van der Waals surface area contributed by atoms with Crippen LogP contribution in [0.25, 0.3) is 0 Å². The van der Waals surface area contributed by atoms with Gasteiger partial charge < -0.3 is 9.16 Å². The highest BCUT2D eigenvalue weighted by atomic mass is 32.2. The minimum absolute atomic E-state index is 0.0433. The lowest BCUT2D eigenvalue weighted by Gasteiger charge is -2.36. The Morgan fingerprint density at radius 2 is 1.94 bits per heavy atom. The Kier molecular flexibility index (Phi) is 9.06. The van der Waals surface area contributed by atoms with E-state index in [1.165, 1.54) is 49.4 Å². The number of likely N-dealkylation sites (tertiary alicyclic amines) is 1. The van der Waals surface area contributed by atoms with Gasteiger partial charge in [-0.2, -0.15) is 9.52 Å². The molecule has 1 fully saturated rings. The first-order valence-electron chi connectivity index (χ1n) is 11.5. The minimum atomic E-state index is -3.57. The Labute approximate surface area is 209 Å². The van der Waals surface area contributed by atoms with Crippen molar-refractivity contribution in [2.24, 2.45) is 16.4 Å². The number of carbonyl (C=O) groups excluding carboxylic acids is 1. The number of nitro benzene ring substituents is 1. The van der Waals surface area contributed by atoms with Gasteiger partial charge in [-0.25, -0.2) is 13.2 Å². The van der Waals surface area contributed by atoms with E-state index in [0.717, 1.165) is 4.41 Å². The van der Waals surface area contributed by atoms with Crippen molar-refractivity contribution in [3.05, 3.63) is 39.9 Å². The first-order valence-corrected chi connectivity index (χ1v) is 15.9. The van der Waals surface area contributed by atoms with Gasteiger partial charge in [0.15, 0.2) is 14.8 Å². The van der Waals surface area contributed by atoms with Crippen LogP contribution in [0.2, 0.25) is 13.1 Å². The van der Waals surface area contributed by atoms with E-state index in [9.17, 15) is 23.3 Å². The number of ether oxygens (including phenoxy) is 1. The molecular weight excluding hydrogens is 492 g/mol. The molecule has 1 aromatic rings. The van der Waals surface area contributed by atoms with E-state index in [1.807, 2.05) is 13.1 Å². The Balaban J connectivity index is 2.36. The third-order valence-electron chi connectivity index (χ3n) is 5.98. The first-order chi connectivity index (χ1) is 16.1. The summed E-state index contributed by atoms with van der Waals surface area (Å²) in [6, 6.07) is 5.76. The number of non-ortho nitro benzene ring substituents is 1. The number of amides is 1. The van der Waals surface area contributed by atoms with Crippen LogP contribution in [0.4, 0.5) is 10.5 Å². The molecule has 1 heterocycles. The molecule has 0 spiro atoms. The van der Waals surface area contributed by atoms with Gasteiger partial charge in [-0.15, -0.1) is 0 Å². The molecule has 196 valence electrons. The second-order valence-corrected chi connectivity index (χ2v) is 14.5. The molecule has 0 aromatic heterocycles. The van der Waals surface area contributed by atoms with Crippen molar-refractivity contribution in [2.75, 3.05) is 19.3 Å².